The second-order valence-corrected chi connectivity index (χ2v) is 6.98. The third-order valence-corrected chi connectivity index (χ3v) is 5.09. The Morgan fingerprint density at radius 1 is 1.26 bits per heavy atom. The van der Waals surface area contributed by atoms with Gasteiger partial charge < -0.3 is 5.32 Å². The molecule has 1 aromatic heterocycles. The van der Waals surface area contributed by atoms with Crippen molar-refractivity contribution in [3.05, 3.63) is 18.0 Å². The van der Waals surface area contributed by atoms with Gasteiger partial charge in [-0.2, -0.15) is 0 Å². The Morgan fingerprint density at radius 2 is 2.00 bits per heavy atom. The van der Waals surface area contributed by atoms with Crippen LogP contribution >= 0.6 is 0 Å². The lowest BCUT2D eigenvalue weighted by Gasteiger charge is -2.35. The first-order valence-electron chi connectivity index (χ1n) is 9.01. The van der Waals surface area contributed by atoms with Gasteiger partial charge in [-0.1, -0.05) is 13.8 Å². The first kappa shape index (κ1) is 16.6. The Morgan fingerprint density at radius 3 is 2.61 bits per heavy atom. The molecule has 128 valence electrons. The van der Waals surface area contributed by atoms with Gasteiger partial charge in [-0.3, -0.25) is 15.8 Å². The Labute approximate surface area is 139 Å². The predicted molar refractivity (Wildman–Crippen MR) is 92.9 cm³/mol. The van der Waals surface area contributed by atoms with E-state index in [-0.39, 0.29) is 0 Å². The zero-order valence-electron chi connectivity index (χ0n) is 14.4. The maximum atomic E-state index is 4.40. The van der Waals surface area contributed by atoms with E-state index in [9.17, 15) is 0 Å². The Kier molecular flexibility index (Phi) is 5.80. The van der Waals surface area contributed by atoms with Crippen molar-refractivity contribution < 1.29 is 0 Å². The lowest BCUT2D eigenvalue weighted by Crippen LogP contribution is -2.44. The zero-order chi connectivity index (χ0) is 16.1. The SMILES string of the molecule is CCCNc1ncc(CN2CCC(C3NNCC3C)CC2)cn1. The van der Waals surface area contributed by atoms with E-state index in [4.69, 9.17) is 0 Å². The predicted octanol–water partition coefficient (Wildman–Crippen LogP) is 1.62. The molecule has 6 heteroatoms. The Bertz CT molecular complexity index is 468. The molecule has 1 aromatic rings. The van der Waals surface area contributed by atoms with Gasteiger partial charge in [0.1, 0.15) is 0 Å². The number of rotatable bonds is 6. The van der Waals surface area contributed by atoms with Crippen LogP contribution in [0.1, 0.15) is 38.7 Å². The van der Waals surface area contributed by atoms with Gasteiger partial charge in [0.05, 0.1) is 0 Å². The molecular weight excluding hydrogens is 288 g/mol. The van der Waals surface area contributed by atoms with Crippen molar-refractivity contribution in [3.63, 3.8) is 0 Å². The van der Waals surface area contributed by atoms with Gasteiger partial charge in [-0.15, -0.1) is 0 Å². The first-order valence-corrected chi connectivity index (χ1v) is 9.01. The highest BCUT2D eigenvalue weighted by molar-refractivity contribution is 5.24. The average Bonchev–Trinajstić information content (AvgIpc) is 3.01. The van der Waals surface area contributed by atoms with Crippen molar-refractivity contribution in [2.75, 3.05) is 31.5 Å². The van der Waals surface area contributed by atoms with Gasteiger partial charge in [-0.05, 0) is 44.2 Å². The summed E-state index contributed by atoms with van der Waals surface area (Å²) in [5.41, 5.74) is 7.98. The fraction of sp³-hybridized carbons (Fsp3) is 0.765. The van der Waals surface area contributed by atoms with Crippen molar-refractivity contribution in [3.8, 4) is 0 Å². The molecule has 0 spiro atoms. The molecule has 23 heavy (non-hydrogen) atoms. The minimum Gasteiger partial charge on any atom is -0.354 e. The molecule has 6 nitrogen and oxygen atoms in total. The van der Waals surface area contributed by atoms with Crippen molar-refractivity contribution in [1.29, 1.82) is 0 Å². The number of likely N-dealkylation sites (tertiary alicyclic amines) is 1. The molecule has 0 radical (unpaired) electrons. The molecule has 2 atom stereocenters. The molecule has 2 aliphatic heterocycles. The molecule has 3 heterocycles. The van der Waals surface area contributed by atoms with E-state index < -0.39 is 0 Å². The molecule has 2 unspecified atom stereocenters. The summed E-state index contributed by atoms with van der Waals surface area (Å²) in [5.74, 6) is 2.28. The number of anilines is 1. The molecule has 3 N–H and O–H groups in total. The first-order chi connectivity index (χ1) is 11.3. The van der Waals surface area contributed by atoms with Crippen molar-refractivity contribution in [2.45, 2.75) is 45.7 Å². The zero-order valence-corrected chi connectivity index (χ0v) is 14.4. The van der Waals surface area contributed by atoms with Gasteiger partial charge in [0.15, 0.2) is 0 Å². The van der Waals surface area contributed by atoms with Gasteiger partial charge in [-0.25, -0.2) is 9.97 Å². The van der Waals surface area contributed by atoms with Crippen LogP contribution in [0, 0.1) is 11.8 Å². The van der Waals surface area contributed by atoms with Gasteiger partial charge in [0, 0.05) is 43.6 Å². The molecule has 2 saturated heterocycles. The largest absolute Gasteiger partial charge is 0.354 e. The topological polar surface area (TPSA) is 65.1 Å². The van der Waals surface area contributed by atoms with Crippen LogP contribution in [0.15, 0.2) is 12.4 Å². The van der Waals surface area contributed by atoms with E-state index >= 15 is 0 Å². The molecule has 2 aliphatic rings. The summed E-state index contributed by atoms with van der Waals surface area (Å²) in [6.07, 6.45) is 7.56. The van der Waals surface area contributed by atoms with E-state index in [0.29, 0.717) is 6.04 Å². The van der Waals surface area contributed by atoms with Crippen LogP contribution in [-0.2, 0) is 6.54 Å². The van der Waals surface area contributed by atoms with E-state index in [1.807, 2.05) is 12.4 Å². The standard InChI is InChI=1S/C17H30N6/c1-3-6-18-17-19-10-14(11-20-17)12-23-7-4-15(5-8-23)16-13(2)9-21-22-16/h10-11,13,15-16,21-22H,3-9,12H2,1-2H3,(H,18,19,20). The van der Waals surface area contributed by atoms with Crippen LogP contribution in [-0.4, -0.2) is 47.1 Å². The molecule has 0 saturated carbocycles. The average molecular weight is 318 g/mol. The molecule has 3 rings (SSSR count). The maximum absolute atomic E-state index is 4.40. The minimum absolute atomic E-state index is 0.643. The Balaban J connectivity index is 1.45. The van der Waals surface area contributed by atoms with E-state index in [1.165, 1.54) is 31.5 Å². The van der Waals surface area contributed by atoms with Crippen LogP contribution in [0.25, 0.3) is 0 Å². The maximum Gasteiger partial charge on any atom is 0.222 e. The summed E-state index contributed by atoms with van der Waals surface area (Å²) in [6.45, 7) is 9.82. The fourth-order valence-electron chi connectivity index (χ4n) is 3.68. The number of hydrazine groups is 1. The number of nitrogens with zero attached hydrogens (tertiary/aromatic N) is 3. The molecule has 0 bridgehead atoms. The number of hydrogen-bond donors (Lipinski definition) is 3. The second kappa shape index (κ2) is 8.04. The lowest BCUT2D eigenvalue weighted by atomic mass is 9.84. The van der Waals surface area contributed by atoms with Crippen molar-refractivity contribution in [2.24, 2.45) is 11.8 Å². The van der Waals surface area contributed by atoms with E-state index in [1.54, 1.807) is 0 Å². The minimum atomic E-state index is 0.643. The van der Waals surface area contributed by atoms with Gasteiger partial charge in [0.2, 0.25) is 5.95 Å². The second-order valence-electron chi connectivity index (χ2n) is 6.98. The summed E-state index contributed by atoms with van der Waals surface area (Å²) in [4.78, 5) is 11.3. The quantitative estimate of drug-likeness (QED) is 0.741. The molecule has 0 amide bonds. The van der Waals surface area contributed by atoms with Crippen LogP contribution in [0.4, 0.5) is 5.95 Å². The lowest BCUT2D eigenvalue weighted by molar-refractivity contribution is 0.146. The molecule has 0 aliphatic carbocycles. The van der Waals surface area contributed by atoms with Gasteiger partial charge >= 0.3 is 0 Å². The highest BCUT2D eigenvalue weighted by Crippen LogP contribution is 2.26. The van der Waals surface area contributed by atoms with Crippen LogP contribution in [0.5, 0.6) is 0 Å². The van der Waals surface area contributed by atoms with Gasteiger partial charge in [0.25, 0.3) is 0 Å². The summed E-state index contributed by atoms with van der Waals surface area (Å²) < 4.78 is 0. The Hall–Kier alpha value is -1.24. The summed E-state index contributed by atoms with van der Waals surface area (Å²) in [6, 6.07) is 0.643. The number of aromatic nitrogens is 2. The number of nitrogens with one attached hydrogen (secondary N) is 3. The number of piperidine rings is 1. The van der Waals surface area contributed by atoms with Crippen LogP contribution in [0.2, 0.25) is 0 Å². The highest BCUT2D eigenvalue weighted by Gasteiger charge is 2.32. The molecule has 2 fully saturated rings. The monoisotopic (exact) mass is 318 g/mol. The van der Waals surface area contributed by atoms with Crippen molar-refractivity contribution >= 4 is 5.95 Å². The summed E-state index contributed by atoms with van der Waals surface area (Å²) >= 11 is 0. The summed E-state index contributed by atoms with van der Waals surface area (Å²) in [5, 5.41) is 3.22. The molecule has 0 aromatic carbocycles. The van der Waals surface area contributed by atoms with Crippen LogP contribution in [0.3, 0.4) is 0 Å². The fourth-order valence-corrected chi connectivity index (χ4v) is 3.68. The highest BCUT2D eigenvalue weighted by atomic mass is 15.4. The normalized spacial score (nSPS) is 26.5. The van der Waals surface area contributed by atoms with E-state index in [2.05, 4.69) is 44.9 Å². The third-order valence-electron chi connectivity index (χ3n) is 5.09. The smallest absolute Gasteiger partial charge is 0.222 e. The molecular formula is C17H30N6. The van der Waals surface area contributed by atoms with Crippen molar-refractivity contribution in [1.82, 2.24) is 25.7 Å². The summed E-state index contributed by atoms with van der Waals surface area (Å²) in [7, 11) is 0. The van der Waals surface area contributed by atoms with Crippen LogP contribution < -0.4 is 16.2 Å². The van der Waals surface area contributed by atoms with E-state index in [0.717, 1.165) is 43.8 Å². The third kappa shape index (κ3) is 4.40. The number of hydrogen-bond acceptors (Lipinski definition) is 6.